The van der Waals surface area contributed by atoms with Crippen molar-refractivity contribution in [1.29, 1.82) is 0 Å². The van der Waals surface area contributed by atoms with Crippen molar-refractivity contribution in [2.24, 2.45) is 0 Å². The van der Waals surface area contributed by atoms with Crippen LogP contribution in [-0.4, -0.2) is 13.6 Å². The SMILES string of the molecule is [C]=O.[C]=O.[I-].[I-].[Ru+2]. The Balaban J connectivity index is -0.00000000267. The molecule has 0 aliphatic rings. The summed E-state index contributed by atoms with van der Waals surface area (Å²) in [5.41, 5.74) is 0. The monoisotopic (exact) mass is 412 g/mol. The summed E-state index contributed by atoms with van der Waals surface area (Å²) in [5.74, 6) is 0. The zero-order chi connectivity index (χ0) is 4.00. The van der Waals surface area contributed by atoms with Crippen LogP contribution in [0.5, 0.6) is 0 Å². The van der Waals surface area contributed by atoms with E-state index in [-0.39, 0.29) is 67.4 Å². The molecule has 42 valence electrons. The molecule has 7 heavy (non-hydrogen) atoms. The quantitative estimate of drug-likeness (QED) is 0.294. The number of hydrogen-bond donors (Lipinski definition) is 0. The molecule has 4 radical (unpaired) electrons. The Kier molecular flexibility index (Phi) is 855. The Morgan fingerprint density at radius 1 is 0.714 bits per heavy atom. The van der Waals surface area contributed by atoms with E-state index in [1.54, 1.807) is 0 Å². The first-order chi connectivity index (χ1) is 2.00. The van der Waals surface area contributed by atoms with Crippen LogP contribution in [0.1, 0.15) is 0 Å². The van der Waals surface area contributed by atoms with E-state index in [0.29, 0.717) is 0 Å². The zero-order valence-corrected chi connectivity index (χ0v) is 8.98. The Morgan fingerprint density at radius 3 is 0.714 bits per heavy atom. The van der Waals surface area contributed by atoms with Crippen LogP contribution in [0.2, 0.25) is 0 Å². The predicted molar refractivity (Wildman–Crippen MR) is 11.4 cm³/mol. The summed E-state index contributed by atoms with van der Waals surface area (Å²) in [6.07, 6.45) is 0. The molecule has 0 spiro atoms. The van der Waals surface area contributed by atoms with Crippen molar-refractivity contribution in [3.63, 3.8) is 0 Å². The number of rotatable bonds is 0. The second-order valence-corrected chi connectivity index (χ2v) is 0. The molecule has 0 saturated carbocycles. The fraction of sp³-hybridized carbons (Fsp3) is 0. The van der Waals surface area contributed by atoms with Crippen molar-refractivity contribution in [3.8, 4) is 0 Å². The molecule has 0 heterocycles. The van der Waals surface area contributed by atoms with Gasteiger partial charge in [0, 0.05) is 0 Å². The van der Waals surface area contributed by atoms with Crippen LogP contribution in [0.15, 0.2) is 0 Å². The van der Waals surface area contributed by atoms with Crippen LogP contribution in [0.4, 0.5) is 0 Å². The maximum atomic E-state index is 7.50. The molecular formula is C2I2O2Ru. The molecule has 0 atom stereocenters. The van der Waals surface area contributed by atoms with E-state index in [4.69, 9.17) is 9.59 Å². The van der Waals surface area contributed by atoms with Gasteiger partial charge in [0.2, 0.25) is 0 Å². The smallest absolute Gasteiger partial charge is 1.00 e. The van der Waals surface area contributed by atoms with Gasteiger partial charge in [-0.2, -0.15) is 0 Å². The molecule has 0 unspecified atom stereocenters. The Labute approximate surface area is 89.6 Å². The van der Waals surface area contributed by atoms with Crippen LogP contribution in [0.25, 0.3) is 0 Å². The van der Waals surface area contributed by atoms with Gasteiger partial charge in [-0.05, 0) is 0 Å². The maximum absolute atomic E-state index is 7.50. The van der Waals surface area contributed by atoms with E-state index in [1.165, 1.54) is 0 Å². The van der Waals surface area contributed by atoms with E-state index < -0.39 is 0 Å². The van der Waals surface area contributed by atoms with E-state index in [2.05, 4.69) is 13.6 Å². The minimum atomic E-state index is 0. The Bertz CT molecular complexity index is 15.7. The summed E-state index contributed by atoms with van der Waals surface area (Å²) >= 11 is 0. The minimum absolute atomic E-state index is 0. The number of hydrogen-bond acceptors (Lipinski definition) is 2. The third kappa shape index (κ3) is 108. The second kappa shape index (κ2) is 151. The molecule has 5 heteroatoms. The normalized spacial score (nSPS) is 1.14. The second-order valence-electron chi connectivity index (χ2n) is 0. The summed E-state index contributed by atoms with van der Waals surface area (Å²) in [6, 6.07) is 0. The predicted octanol–water partition coefficient (Wildman–Crippen LogP) is -6.79. The molecule has 0 fully saturated rings. The van der Waals surface area contributed by atoms with Gasteiger partial charge in [-0.15, -0.1) is 0 Å². The van der Waals surface area contributed by atoms with Crippen LogP contribution in [0, 0.1) is 0 Å². The average molecular weight is 411 g/mol. The summed E-state index contributed by atoms with van der Waals surface area (Å²) in [4.78, 5) is 15.0. The summed E-state index contributed by atoms with van der Waals surface area (Å²) < 4.78 is 0. The maximum Gasteiger partial charge on any atom is 2.00 e. The molecule has 2 nitrogen and oxygen atoms in total. The molecule has 0 bridgehead atoms. The Morgan fingerprint density at radius 2 is 0.714 bits per heavy atom. The average Bonchev–Trinajstić information content (AvgIpc) is 1.50. The molecule has 0 aliphatic carbocycles. The molecule has 0 amide bonds. The molecule has 0 rings (SSSR count). The van der Waals surface area contributed by atoms with Crippen molar-refractivity contribution in [2.45, 2.75) is 0 Å². The van der Waals surface area contributed by atoms with Gasteiger partial charge in [0.1, 0.15) is 0 Å². The van der Waals surface area contributed by atoms with Gasteiger partial charge < -0.3 is 48.0 Å². The van der Waals surface area contributed by atoms with Crippen LogP contribution in [0.3, 0.4) is 0 Å². The van der Waals surface area contributed by atoms with Gasteiger partial charge in [0.25, 0.3) is 13.6 Å². The largest absolute Gasteiger partial charge is 2.00 e. The number of carbonyl (C=O) groups excluding carboxylic acids is 2. The first-order valence-corrected chi connectivity index (χ1v) is 0.408. The van der Waals surface area contributed by atoms with Crippen molar-refractivity contribution < 1.29 is 77.0 Å². The summed E-state index contributed by atoms with van der Waals surface area (Å²) in [7, 11) is 0. The minimum Gasteiger partial charge on any atom is -1.00 e. The third-order valence-corrected chi connectivity index (χ3v) is 0. The molecular weight excluding hydrogens is 411 g/mol. The molecule has 0 aromatic heterocycles. The van der Waals surface area contributed by atoms with Gasteiger partial charge >= 0.3 is 19.5 Å². The van der Waals surface area contributed by atoms with Crippen molar-refractivity contribution >= 4 is 13.6 Å². The Hall–Kier alpha value is 1.42. The summed E-state index contributed by atoms with van der Waals surface area (Å²) in [5, 5.41) is 0. The fourth-order valence-corrected chi connectivity index (χ4v) is 0. The van der Waals surface area contributed by atoms with Gasteiger partial charge in [0.05, 0.1) is 0 Å². The standard InChI is InChI=1S/2CO.2HI.Ru/c2*1-2;;;/h;;2*1H;/q;;;;+2/p-2. The van der Waals surface area contributed by atoms with Crippen LogP contribution < -0.4 is 48.0 Å². The molecule has 0 aliphatic heterocycles. The van der Waals surface area contributed by atoms with Crippen LogP contribution >= 0.6 is 0 Å². The van der Waals surface area contributed by atoms with E-state index in [1.807, 2.05) is 0 Å². The first-order valence-electron chi connectivity index (χ1n) is 0.408. The van der Waals surface area contributed by atoms with Crippen LogP contribution in [-0.2, 0) is 29.1 Å². The first kappa shape index (κ1) is 39.6. The van der Waals surface area contributed by atoms with Crippen molar-refractivity contribution in [1.82, 2.24) is 0 Å². The van der Waals surface area contributed by atoms with Gasteiger partial charge in [0.15, 0.2) is 0 Å². The van der Waals surface area contributed by atoms with Gasteiger partial charge in [-0.25, -0.2) is 0 Å². The topological polar surface area (TPSA) is 34.1 Å². The fourth-order valence-electron chi connectivity index (χ4n) is 0. The molecule has 0 N–H and O–H groups in total. The van der Waals surface area contributed by atoms with Gasteiger partial charge in [-0.3, -0.25) is 9.59 Å². The third-order valence-electron chi connectivity index (χ3n) is 0. The van der Waals surface area contributed by atoms with E-state index in [9.17, 15) is 0 Å². The van der Waals surface area contributed by atoms with Crippen molar-refractivity contribution in [2.75, 3.05) is 0 Å². The zero-order valence-electron chi connectivity index (χ0n) is 2.93. The van der Waals surface area contributed by atoms with Gasteiger partial charge in [-0.1, -0.05) is 0 Å². The molecule has 0 aromatic carbocycles. The van der Waals surface area contributed by atoms with E-state index in [0.717, 1.165) is 0 Å². The molecule has 0 saturated heterocycles. The number of halogens is 2. The molecule has 0 aromatic rings. The van der Waals surface area contributed by atoms with E-state index >= 15 is 0 Å². The van der Waals surface area contributed by atoms with Crippen molar-refractivity contribution in [3.05, 3.63) is 0 Å². The summed E-state index contributed by atoms with van der Waals surface area (Å²) in [6.45, 7) is 9.00.